The highest BCUT2D eigenvalue weighted by molar-refractivity contribution is 7.99. The zero-order valence-corrected chi connectivity index (χ0v) is 19.3. The zero-order chi connectivity index (χ0) is 22.2. The molecule has 2 aliphatic rings. The van der Waals surface area contributed by atoms with Gasteiger partial charge in [0.25, 0.3) is 0 Å². The van der Waals surface area contributed by atoms with Crippen molar-refractivity contribution in [2.24, 2.45) is 0 Å². The Morgan fingerprint density at radius 2 is 1.55 bits per heavy atom. The van der Waals surface area contributed by atoms with Gasteiger partial charge >= 0.3 is 0 Å². The lowest BCUT2D eigenvalue weighted by Gasteiger charge is -2.36. The molecule has 0 N–H and O–H groups in total. The van der Waals surface area contributed by atoms with E-state index < -0.39 is 0 Å². The molecule has 1 atom stereocenters. The van der Waals surface area contributed by atoms with Gasteiger partial charge in [0.1, 0.15) is 5.01 Å². The molecular formula is C26H20N4OS2. The molecule has 0 aliphatic carbocycles. The SMILES string of the molecule is O=C1CC(/C=C/c2ccccc2)N1c1nnc(CN2c3ccccc3Sc3ccccc32)s1. The number of benzene rings is 3. The minimum absolute atomic E-state index is 0.0198. The minimum atomic E-state index is 0.0198. The molecule has 0 bridgehead atoms. The molecule has 0 saturated carbocycles. The van der Waals surface area contributed by atoms with Crippen LogP contribution in [0.2, 0.25) is 0 Å². The van der Waals surface area contributed by atoms with Gasteiger partial charge in [-0.15, -0.1) is 10.2 Å². The van der Waals surface area contributed by atoms with Gasteiger partial charge in [-0.25, -0.2) is 0 Å². The fourth-order valence-electron chi connectivity index (χ4n) is 4.12. The predicted octanol–water partition coefficient (Wildman–Crippen LogP) is 6.16. The summed E-state index contributed by atoms with van der Waals surface area (Å²) in [6, 6.07) is 27.0. The van der Waals surface area contributed by atoms with Crippen LogP contribution in [0.4, 0.5) is 16.5 Å². The second-order valence-corrected chi connectivity index (χ2v) is 10.0. The topological polar surface area (TPSA) is 49.3 Å². The normalized spacial score (nSPS) is 17.1. The van der Waals surface area contributed by atoms with E-state index in [4.69, 9.17) is 0 Å². The van der Waals surface area contributed by atoms with Crippen molar-refractivity contribution in [2.45, 2.75) is 28.8 Å². The number of amides is 1. The van der Waals surface area contributed by atoms with E-state index in [9.17, 15) is 4.79 Å². The smallest absolute Gasteiger partial charge is 0.231 e. The predicted molar refractivity (Wildman–Crippen MR) is 134 cm³/mol. The molecule has 3 aromatic carbocycles. The van der Waals surface area contributed by atoms with Crippen LogP contribution in [0, 0.1) is 0 Å². The first-order valence-corrected chi connectivity index (χ1v) is 12.4. The van der Waals surface area contributed by atoms with Crippen LogP contribution in [0.25, 0.3) is 6.08 Å². The summed E-state index contributed by atoms with van der Waals surface area (Å²) in [6.45, 7) is 0.610. The van der Waals surface area contributed by atoms with Crippen molar-refractivity contribution in [1.29, 1.82) is 0 Å². The van der Waals surface area contributed by atoms with Gasteiger partial charge in [-0.2, -0.15) is 0 Å². The molecule has 1 saturated heterocycles. The van der Waals surface area contributed by atoms with E-state index in [1.807, 2.05) is 18.2 Å². The Labute approximate surface area is 200 Å². The molecular weight excluding hydrogens is 448 g/mol. The number of fused-ring (bicyclic) bond motifs is 2. The first kappa shape index (κ1) is 20.2. The molecule has 2 aliphatic heterocycles. The van der Waals surface area contributed by atoms with Gasteiger partial charge in [-0.1, -0.05) is 89.8 Å². The van der Waals surface area contributed by atoms with Gasteiger partial charge in [-0.3, -0.25) is 9.69 Å². The lowest BCUT2D eigenvalue weighted by Crippen LogP contribution is -2.51. The van der Waals surface area contributed by atoms with Crippen molar-refractivity contribution in [2.75, 3.05) is 9.80 Å². The molecule has 1 aromatic heterocycles. The van der Waals surface area contributed by atoms with Crippen LogP contribution >= 0.6 is 23.1 Å². The van der Waals surface area contributed by atoms with E-state index in [0.29, 0.717) is 18.1 Å². The Hall–Kier alpha value is -3.42. The van der Waals surface area contributed by atoms with Crippen LogP contribution in [0.5, 0.6) is 0 Å². The van der Waals surface area contributed by atoms with Crippen molar-refractivity contribution in [3.63, 3.8) is 0 Å². The van der Waals surface area contributed by atoms with Crippen LogP contribution < -0.4 is 9.80 Å². The Balaban J connectivity index is 1.25. The van der Waals surface area contributed by atoms with Crippen molar-refractivity contribution < 1.29 is 4.79 Å². The summed E-state index contributed by atoms with van der Waals surface area (Å²) in [5.41, 5.74) is 3.46. The summed E-state index contributed by atoms with van der Waals surface area (Å²) in [5.74, 6) is 0.0884. The zero-order valence-electron chi connectivity index (χ0n) is 17.7. The highest BCUT2D eigenvalue weighted by atomic mass is 32.2. The Morgan fingerprint density at radius 3 is 2.24 bits per heavy atom. The number of carbonyl (C=O) groups excluding carboxylic acids is 1. The molecule has 3 heterocycles. The maximum Gasteiger partial charge on any atom is 0.231 e. The summed E-state index contributed by atoms with van der Waals surface area (Å²) in [7, 11) is 0. The molecule has 1 unspecified atom stereocenters. The molecule has 1 fully saturated rings. The van der Waals surface area contributed by atoms with Gasteiger partial charge in [0.2, 0.25) is 11.0 Å². The third-order valence-corrected chi connectivity index (χ3v) is 7.82. The first-order valence-electron chi connectivity index (χ1n) is 10.8. The van der Waals surface area contributed by atoms with E-state index >= 15 is 0 Å². The lowest BCUT2D eigenvalue weighted by molar-refractivity contribution is -0.123. The summed E-state index contributed by atoms with van der Waals surface area (Å²) >= 11 is 3.28. The number of para-hydroxylation sites is 2. The molecule has 5 nitrogen and oxygen atoms in total. The summed E-state index contributed by atoms with van der Waals surface area (Å²) in [6.07, 6.45) is 4.64. The number of hydrogen-bond donors (Lipinski definition) is 0. The number of carbonyl (C=O) groups is 1. The molecule has 33 heavy (non-hydrogen) atoms. The number of aromatic nitrogens is 2. The van der Waals surface area contributed by atoms with Gasteiger partial charge < -0.3 is 4.90 Å². The third kappa shape index (κ3) is 3.83. The molecule has 4 aromatic rings. The van der Waals surface area contributed by atoms with Gasteiger partial charge in [0.15, 0.2) is 0 Å². The molecule has 1 amide bonds. The van der Waals surface area contributed by atoms with Crippen LogP contribution in [-0.2, 0) is 11.3 Å². The van der Waals surface area contributed by atoms with Crippen LogP contribution in [-0.4, -0.2) is 22.1 Å². The number of hydrogen-bond acceptors (Lipinski definition) is 6. The number of rotatable bonds is 5. The van der Waals surface area contributed by atoms with Crippen LogP contribution in [0.3, 0.4) is 0 Å². The molecule has 0 spiro atoms. The number of β-lactam (4-membered cyclic amide) rings is 1. The monoisotopic (exact) mass is 468 g/mol. The van der Waals surface area contributed by atoms with E-state index in [2.05, 4.69) is 87.9 Å². The molecule has 0 radical (unpaired) electrons. The summed E-state index contributed by atoms with van der Waals surface area (Å²) < 4.78 is 0. The average molecular weight is 469 g/mol. The second kappa shape index (κ2) is 8.50. The van der Waals surface area contributed by atoms with Crippen molar-refractivity contribution in [3.8, 4) is 0 Å². The number of nitrogens with zero attached hydrogens (tertiary/aromatic N) is 4. The van der Waals surface area contributed by atoms with Gasteiger partial charge in [0, 0.05) is 9.79 Å². The van der Waals surface area contributed by atoms with E-state index in [1.165, 1.54) is 32.5 Å². The summed E-state index contributed by atoms with van der Waals surface area (Å²) in [4.78, 5) is 18.9. The molecule has 7 heteroatoms. The minimum Gasteiger partial charge on any atom is -0.333 e. The second-order valence-electron chi connectivity index (χ2n) is 7.91. The number of anilines is 3. The standard InChI is InChI=1S/C26H20N4OS2/c31-25-16-19(15-14-18-8-2-1-3-9-18)30(25)26-28-27-24(33-26)17-29-20-10-4-6-12-22(20)32-23-13-7-5-11-21(23)29/h1-15,19H,16-17H2/b15-14+. The fourth-order valence-corrected chi connectivity index (χ4v) is 6.12. The van der Waals surface area contributed by atoms with Crippen LogP contribution in [0.15, 0.2) is 94.7 Å². The van der Waals surface area contributed by atoms with E-state index in [0.717, 1.165) is 10.6 Å². The summed E-state index contributed by atoms with van der Waals surface area (Å²) in [5, 5.41) is 10.4. The quantitative estimate of drug-likeness (QED) is 0.328. The van der Waals surface area contributed by atoms with Crippen molar-refractivity contribution in [3.05, 3.63) is 95.5 Å². The van der Waals surface area contributed by atoms with E-state index in [-0.39, 0.29) is 11.9 Å². The highest BCUT2D eigenvalue weighted by Gasteiger charge is 2.38. The first-order chi connectivity index (χ1) is 16.3. The average Bonchev–Trinajstić information content (AvgIpc) is 3.29. The Bertz CT molecular complexity index is 1310. The van der Waals surface area contributed by atoms with Crippen molar-refractivity contribution >= 4 is 51.6 Å². The van der Waals surface area contributed by atoms with Crippen LogP contribution in [0.1, 0.15) is 17.0 Å². The molecule has 162 valence electrons. The Morgan fingerprint density at radius 1 is 0.879 bits per heavy atom. The largest absolute Gasteiger partial charge is 0.333 e. The lowest BCUT2D eigenvalue weighted by atomic mass is 10.0. The maximum atomic E-state index is 12.4. The van der Waals surface area contributed by atoms with Gasteiger partial charge in [0.05, 0.1) is 30.4 Å². The van der Waals surface area contributed by atoms with Crippen molar-refractivity contribution in [1.82, 2.24) is 10.2 Å². The maximum absolute atomic E-state index is 12.4. The third-order valence-electron chi connectivity index (χ3n) is 5.78. The van der Waals surface area contributed by atoms with E-state index in [1.54, 1.807) is 16.7 Å². The highest BCUT2D eigenvalue weighted by Crippen LogP contribution is 2.48. The molecule has 6 rings (SSSR count). The Kier molecular flexibility index (Phi) is 5.20. The fraction of sp³-hybridized carbons (Fsp3) is 0.115. The van der Waals surface area contributed by atoms with Gasteiger partial charge in [-0.05, 0) is 29.8 Å².